The Labute approximate surface area is 72.9 Å². The Hall–Kier alpha value is -0.360. The van der Waals surface area contributed by atoms with Crippen LogP contribution in [0.2, 0.25) is 0 Å². The molecule has 70 valence electrons. The number of hydrogen-bond acceptors (Lipinski definition) is 2. The first-order chi connectivity index (χ1) is 5.38. The lowest BCUT2D eigenvalue weighted by Gasteiger charge is -2.34. The van der Waals surface area contributed by atoms with Crippen LogP contribution in [0, 0.1) is 5.92 Å². The smallest absolute Gasteiger partial charge is 0.393 e. The third-order valence-electron chi connectivity index (χ3n) is 1.80. The summed E-state index contributed by atoms with van der Waals surface area (Å²) in [6.07, 6.45) is -4.72. The summed E-state index contributed by atoms with van der Waals surface area (Å²) >= 11 is 4.60. The standard InChI is InChI=1S/C6H8F3NOS/c7-6(8,9)11-4-1-3(2-4)5(10)12/h3-4H,1-2H2,(H2,10,12). The molecular formula is C6H8F3NOS. The van der Waals surface area contributed by atoms with Crippen LogP contribution in [-0.4, -0.2) is 17.5 Å². The number of thiocarbonyl (C=S) groups is 1. The Balaban J connectivity index is 2.22. The highest BCUT2D eigenvalue weighted by Crippen LogP contribution is 2.34. The van der Waals surface area contributed by atoms with Gasteiger partial charge in [-0.2, -0.15) is 0 Å². The Morgan fingerprint density at radius 3 is 2.25 bits per heavy atom. The van der Waals surface area contributed by atoms with Crippen LogP contribution < -0.4 is 5.73 Å². The zero-order valence-electron chi connectivity index (χ0n) is 6.10. The fraction of sp³-hybridized carbons (Fsp3) is 0.833. The van der Waals surface area contributed by atoms with Gasteiger partial charge in [0.05, 0.1) is 11.1 Å². The van der Waals surface area contributed by atoms with E-state index in [9.17, 15) is 13.2 Å². The lowest BCUT2D eigenvalue weighted by Crippen LogP contribution is -2.41. The van der Waals surface area contributed by atoms with Crippen LogP contribution in [0.1, 0.15) is 12.8 Å². The monoisotopic (exact) mass is 199 g/mol. The number of rotatable bonds is 2. The minimum absolute atomic E-state index is 0.0765. The molecule has 0 aliphatic heterocycles. The van der Waals surface area contributed by atoms with E-state index in [1.165, 1.54) is 0 Å². The fourth-order valence-electron chi connectivity index (χ4n) is 1.08. The van der Waals surface area contributed by atoms with E-state index in [0.717, 1.165) is 0 Å². The van der Waals surface area contributed by atoms with E-state index in [1.807, 2.05) is 0 Å². The molecule has 0 aromatic heterocycles. The molecule has 1 saturated carbocycles. The molecule has 6 heteroatoms. The van der Waals surface area contributed by atoms with Gasteiger partial charge in [0.2, 0.25) is 0 Å². The van der Waals surface area contributed by atoms with E-state index in [-0.39, 0.29) is 23.7 Å². The molecule has 0 spiro atoms. The van der Waals surface area contributed by atoms with Crippen molar-refractivity contribution in [3.63, 3.8) is 0 Å². The van der Waals surface area contributed by atoms with Crippen LogP contribution in [0.5, 0.6) is 0 Å². The summed E-state index contributed by atoms with van der Waals surface area (Å²) in [6, 6.07) is 0. The van der Waals surface area contributed by atoms with Gasteiger partial charge in [-0.15, -0.1) is 13.2 Å². The lowest BCUT2D eigenvalue weighted by molar-refractivity contribution is -0.352. The molecule has 2 N–H and O–H groups in total. The van der Waals surface area contributed by atoms with E-state index in [0.29, 0.717) is 0 Å². The minimum Gasteiger partial charge on any atom is -0.393 e. The maximum absolute atomic E-state index is 11.6. The van der Waals surface area contributed by atoms with Gasteiger partial charge in [0.15, 0.2) is 0 Å². The molecular weight excluding hydrogens is 191 g/mol. The number of hydrogen-bond donors (Lipinski definition) is 1. The molecule has 0 unspecified atom stereocenters. The largest absolute Gasteiger partial charge is 0.522 e. The Morgan fingerprint density at radius 2 is 1.92 bits per heavy atom. The Bertz CT molecular complexity index is 188. The van der Waals surface area contributed by atoms with Crippen LogP contribution >= 0.6 is 12.2 Å². The average Bonchev–Trinajstić information content (AvgIpc) is 1.74. The molecule has 1 aliphatic rings. The number of halogens is 3. The molecule has 0 bridgehead atoms. The summed E-state index contributed by atoms with van der Waals surface area (Å²) in [6.45, 7) is 0. The van der Waals surface area contributed by atoms with Crippen LogP contribution in [0.25, 0.3) is 0 Å². The second-order valence-corrected chi connectivity index (χ2v) is 3.23. The molecule has 0 aromatic carbocycles. The summed E-state index contributed by atoms with van der Waals surface area (Å²) in [5.74, 6) is -0.0765. The third-order valence-corrected chi connectivity index (χ3v) is 2.13. The van der Waals surface area contributed by atoms with Crippen molar-refractivity contribution in [2.45, 2.75) is 25.3 Å². The first-order valence-electron chi connectivity index (χ1n) is 3.42. The Morgan fingerprint density at radius 1 is 1.42 bits per heavy atom. The first-order valence-corrected chi connectivity index (χ1v) is 3.83. The van der Waals surface area contributed by atoms with Gasteiger partial charge in [-0.25, -0.2) is 0 Å². The fourth-order valence-corrected chi connectivity index (χ4v) is 1.28. The molecule has 0 heterocycles. The second kappa shape index (κ2) is 3.18. The predicted molar refractivity (Wildman–Crippen MR) is 40.4 cm³/mol. The van der Waals surface area contributed by atoms with Crippen molar-refractivity contribution in [1.82, 2.24) is 0 Å². The molecule has 2 nitrogen and oxygen atoms in total. The van der Waals surface area contributed by atoms with Crippen molar-refractivity contribution in [1.29, 1.82) is 0 Å². The van der Waals surface area contributed by atoms with Gasteiger partial charge < -0.3 is 5.73 Å². The summed E-state index contributed by atoms with van der Waals surface area (Å²) in [4.78, 5) is 0.275. The summed E-state index contributed by atoms with van der Waals surface area (Å²) in [7, 11) is 0. The second-order valence-electron chi connectivity index (χ2n) is 2.76. The number of alkyl halides is 3. The third kappa shape index (κ3) is 2.60. The van der Waals surface area contributed by atoms with Gasteiger partial charge in [0, 0.05) is 5.92 Å². The van der Waals surface area contributed by atoms with Crippen molar-refractivity contribution >= 4 is 17.2 Å². The van der Waals surface area contributed by atoms with Gasteiger partial charge in [0.25, 0.3) is 0 Å². The van der Waals surface area contributed by atoms with Gasteiger partial charge in [-0.1, -0.05) is 12.2 Å². The van der Waals surface area contributed by atoms with Crippen LogP contribution in [0.4, 0.5) is 13.2 Å². The van der Waals surface area contributed by atoms with Crippen molar-refractivity contribution in [3.8, 4) is 0 Å². The van der Waals surface area contributed by atoms with Crippen molar-refractivity contribution in [3.05, 3.63) is 0 Å². The molecule has 0 amide bonds. The predicted octanol–water partition coefficient (Wildman–Crippen LogP) is 1.59. The van der Waals surface area contributed by atoms with Crippen molar-refractivity contribution in [2.75, 3.05) is 0 Å². The SMILES string of the molecule is NC(=S)C1CC(OC(F)(F)F)C1. The molecule has 0 radical (unpaired) electrons. The normalized spacial score (nSPS) is 29.6. The topological polar surface area (TPSA) is 35.2 Å². The zero-order chi connectivity index (χ0) is 9.35. The van der Waals surface area contributed by atoms with Crippen LogP contribution in [-0.2, 0) is 4.74 Å². The lowest BCUT2D eigenvalue weighted by atomic mass is 9.82. The molecule has 1 fully saturated rings. The highest BCUT2D eigenvalue weighted by Gasteiger charge is 2.40. The van der Waals surface area contributed by atoms with E-state index in [4.69, 9.17) is 5.73 Å². The van der Waals surface area contributed by atoms with E-state index < -0.39 is 12.5 Å². The Kier molecular flexibility index (Phi) is 2.58. The van der Waals surface area contributed by atoms with Gasteiger partial charge in [-0.3, -0.25) is 4.74 Å². The van der Waals surface area contributed by atoms with Gasteiger partial charge in [0.1, 0.15) is 0 Å². The number of ether oxygens (including phenoxy) is 1. The summed E-state index contributed by atoms with van der Waals surface area (Å²) in [5, 5.41) is 0. The highest BCUT2D eigenvalue weighted by molar-refractivity contribution is 7.80. The molecule has 1 rings (SSSR count). The molecule has 0 saturated heterocycles. The van der Waals surface area contributed by atoms with Crippen LogP contribution in [0.3, 0.4) is 0 Å². The first kappa shape index (κ1) is 9.73. The minimum atomic E-state index is -4.54. The summed E-state index contributed by atoms with van der Waals surface area (Å²) < 4.78 is 38.4. The number of nitrogens with two attached hydrogens (primary N) is 1. The maximum Gasteiger partial charge on any atom is 0.522 e. The van der Waals surface area contributed by atoms with Crippen LogP contribution in [0.15, 0.2) is 0 Å². The molecule has 0 aromatic rings. The van der Waals surface area contributed by atoms with Crippen molar-refractivity contribution < 1.29 is 17.9 Å². The van der Waals surface area contributed by atoms with Gasteiger partial charge >= 0.3 is 6.36 Å². The van der Waals surface area contributed by atoms with Gasteiger partial charge in [-0.05, 0) is 12.8 Å². The zero-order valence-corrected chi connectivity index (χ0v) is 6.91. The molecule has 12 heavy (non-hydrogen) atoms. The average molecular weight is 199 g/mol. The maximum atomic E-state index is 11.6. The quantitative estimate of drug-likeness (QED) is 0.686. The van der Waals surface area contributed by atoms with E-state index >= 15 is 0 Å². The highest BCUT2D eigenvalue weighted by atomic mass is 32.1. The molecule has 1 aliphatic carbocycles. The van der Waals surface area contributed by atoms with Crippen molar-refractivity contribution in [2.24, 2.45) is 11.7 Å². The molecule has 0 atom stereocenters. The van der Waals surface area contributed by atoms with E-state index in [1.54, 1.807) is 0 Å². The van der Waals surface area contributed by atoms with E-state index in [2.05, 4.69) is 17.0 Å². The summed E-state index contributed by atoms with van der Waals surface area (Å²) in [5.41, 5.74) is 5.22.